The summed E-state index contributed by atoms with van der Waals surface area (Å²) in [5, 5.41) is 6.32. The molecule has 1 heterocycles. The van der Waals surface area contributed by atoms with E-state index in [2.05, 4.69) is 30.5 Å². The van der Waals surface area contributed by atoms with Gasteiger partial charge in [-0.05, 0) is 48.6 Å². The molecule has 4 N–H and O–H groups in total. The van der Waals surface area contributed by atoms with Crippen LogP contribution in [0.3, 0.4) is 0 Å². The second kappa shape index (κ2) is 5.61. The summed E-state index contributed by atoms with van der Waals surface area (Å²) in [6.07, 6.45) is 2.44. The summed E-state index contributed by atoms with van der Waals surface area (Å²) in [6, 6.07) is 6.12. The van der Waals surface area contributed by atoms with Crippen molar-refractivity contribution in [1.29, 1.82) is 0 Å². The molecule has 0 atom stereocenters. The third-order valence-electron chi connectivity index (χ3n) is 3.68. The zero-order valence-electron chi connectivity index (χ0n) is 11.8. The van der Waals surface area contributed by atoms with Crippen LogP contribution in [0.4, 0.5) is 11.4 Å². The number of carbonyl (C=O) groups excluding carboxylic acids is 1. The van der Waals surface area contributed by atoms with Gasteiger partial charge in [0, 0.05) is 24.3 Å². The first-order valence-electron chi connectivity index (χ1n) is 6.87. The molecule has 0 unspecified atom stereocenters. The maximum absolute atomic E-state index is 11.3. The van der Waals surface area contributed by atoms with E-state index in [1.165, 1.54) is 5.56 Å². The lowest BCUT2D eigenvalue weighted by Crippen LogP contribution is -2.26. The van der Waals surface area contributed by atoms with E-state index in [4.69, 9.17) is 5.73 Å². The predicted octanol–water partition coefficient (Wildman–Crippen LogP) is 2.36. The van der Waals surface area contributed by atoms with Crippen LogP contribution in [0.2, 0.25) is 0 Å². The van der Waals surface area contributed by atoms with Gasteiger partial charge in [-0.25, -0.2) is 0 Å². The zero-order chi connectivity index (χ0) is 13.9. The zero-order valence-corrected chi connectivity index (χ0v) is 11.8. The van der Waals surface area contributed by atoms with Gasteiger partial charge in [0.1, 0.15) is 0 Å². The number of anilines is 2. The van der Waals surface area contributed by atoms with Crippen LogP contribution in [0, 0.1) is 5.41 Å². The molecule has 0 radical (unpaired) electrons. The monoisotopic (exact) mass is 261 g/mol. The SMILES string of the molecule is CC(C)(CN)CCNc1ccc2c(c1)CCC(=O)N2. The van der Waals surface area contributed by atoms with Crippen LogP contribution in [-0.2, 0) is 11.2 Å². The van der Waals surface area contributed by atoms with Crippen molar-refractivity contribution in [2.75, 3.05) is 23.7 Å². The third kappa shape index (κ3) is 3.70. The second-order valence-electron chi connectivity index (χ2n) is 5.97. The number of hydrogen-bond acceptors (Lipinski definition) is 3. The molecule has 1 aliphatic rings. The first-order chi connectivity index (χ1) is 9.00. The molecule has 19 heavy (non-hydrogen) atoms. The summed E-state index contributed by atoms with van der Waals surface area (Å²) in [6.45, 7) is 5.97. The van der Waals surface area contributed by atoms with Crippen LogP contribution < -0.4 is 16.4 Å². The highest BCUT2D eigenvalue weighted by Crippen LogP contribution is 2.26. The van der Waals surface area contributed by atoms with Gasteiger partial charge in [0.15, 0.2) is 0 Å². The van der Waals surface area contributed by atoms with E-state index >= 15 is 0 Å². The van der Waals surface area contributed by atoms with Crippen LogP contribution in [0.1, 0.15) is 32.3 Å². The highest BCUT2D eigenvalue weighted by atomic mass is 16.1. The highest BCUT2D eigenvalue weighted by Gasteiger charge is 2.16. The standard InChI is InChI=1S/C15H23N3O/c1-15(2,10-16)7-8-17-12-4-5-13-11(9-12)3-6-14(19)18-13/h4-5,9,17H,3,6-8,10,16H2,1-2H3,(H,18,19). The fourth-order valence-corrected chi connectivity index (χ4v) is 2.14. The summed E-state index contributed by atoms with van der Waals surface area (Å²) < 4.78 is 0. The minimum absolute atomic E-state index is 0.109. The average Bonchev–Trinajstić information content (AvgIpc) is 2.39. The normalized spacial score (nSPS) is 14.8. The van der Waals surface area contributed by atoms with Gasteiger partial charge in [0.05, 0.1) is 0 Å². The van der Waals surface area contributed by atoms with Crippen molar-refractivity contribution in [2.24, 2.45) is 11.1 Å². The van der Waals surface area contributed by atoms with Crippen molar-refractivity contribution in [1.82, 2.24) is 0 Å². The van der Waals surface area contributed by atoms with Crippen LogP contribution in [0.15, 0.2) is 18.2 Å². The molecule has 0 aliphatic carbocycles. The van der Waals surface area contributed by atoms with Gasteiger partial charge in [-0.3, -0.25) is 4.79 Å². The average molecular weight is 261 g/mol. The number of nitrogens with two attached hydrogens (primary N) is 1. The van der Waals surface area contributed by atoms with Gasteiger partial charge >= 0.3 is 0 Å². The Kier molecular flexibility index (Phi) is 4.10. The van der Waals surface area contributed by atoms with E-state index in [1.807, 2.05) is 12.1 Å². The lowest BCUT2D eigenvalue weighted by molar-refractivity contribution is -0.116. The number of amides is 1. The smallest absolute Gasteiger partial charge is 0.224 e. The van der Waals surface area contributed by atoms with Crippen LogP contribution in [0.25, 0.3) is 0 Å². The Morgan fingerprint density at radius 1 is 1.37 bits per heavy atom. The Balaban J connectivity index is 1.94. The molecule has 0 saturated carbocycles. The van der Waals surface area contributed by atoms with Gasteiger partial charge in [-0.2, -0.15) is 0 Å². The molecule has 0 saturated heterocycles. The number of aryl methyl sites for hydroxylation is 1. The maximum Gasteiger partial charge on any atom is 0.224 e. The molecule has 1 aromatic rings. The van der Waals surface area contributed by atoms with Crippen molar-refractivity contribution >= 4 is 17.3 Å². The van der Waals surface area contributed by atoms with E-state index in [1.54, 1.807) is 0 Å². The molecular formula is C15H23N3O. The van der Waals surface area contributed by atoms with Gasteiger partial charge in [0.25, 0.3) is 0 Å². The molecule has 0 spiro atoms. The summed E-state index contributed by atoms with van der Waals surface area (Å²) in [4.78, 5) is 11.3. The van der Waals surface area contributed by atoms with Crippen LogP contribution in [-0.4, -0.2) is 19.0 Å². The molecular weight excluding hydrogens is 238 g/mol. The number of hydrogen-bond donors (Lipinski definition) is 3. The first kappa shape index (κ1) is 13.9. The number of benzene rings is 1. The molecule has 1 aromatic carbocycles. The van der Waals surface area contributed by atoms with Gasteiger partial charge < -0.3 is 16.4 Å². The van der Waals surface area contributed by atoms with Gasteiger partial charge in [0.2, 0.25) is 5.91 Å². The fraction of sp³-hybridized carbons (Fsp3) is 0.533. The molecule has 0 bridgehead atoms. The predicted molar refractivity (Wildman–Crippen MR) is 79.3 cm³/mol. The van der Waals surface area contributed by atoms with E-state index in [0.717, 1.165) is 30.8 Å². The van der Waals surface area contributed by atoms with Crippen LogP contribution in [0.5, 0.6) is 0 Å². The van der Waals surface area contributed by atoms with Crippen molar-refractivity contribution < 1.29 is 4.79 Å². The van der Waals surface area contributed by atoms with Gasteiger partial charge in [-0.1, -0.05) is 13.8 Å². The topological polar surface area (TPSA) is 67.1 Å². The number of carbonyl (C=O) groups is 1. The molecule has 1 aliphatic heterocycles. The largest absolute Gasteiger partial charge is 0.385 e. The van der Waals surface area contributed by atoms with E-state index in [0.29, 0.717) is 13.0 Å². The summed E-state index contributed by atoms with van der Waals surface area (Å²) >= 11 is 0. The highest BCUT2D eigenvalue weighted by molar-refractivity contribution is 5.94. The van der Waals surface area contributed by atoms with E-state index < -0.39 is 0 Å². The van der Waals surface area contributed by atoms with Gasteiger partial charge in [-0.15, -0.1) is 0 Å². The van der Waals surface area contributed by atoms with Crippen molar-refractivity contribution in [3.8, 4) is 0 Å². The molecule has 2 rings (SSSR count). The molecule has 4 nitrogen and oxygen atoms in total. The Morgan fingerprint density at radius 2 is 2.16 bits per heavy atom. The van der Waals surface area contributed by atoms with E-state index in [9.17, 15) is 4.79 Å². The minimum Gasteiger partial charge on any atom is -0.385 e. The number of fused-ring (bicyclic) bond motifs is 1. The minimum atomic E-state index is 0.109. The lowest BCUT2D eigenvalue weighted by atomic mass is 9.90. The Bertz CT molecular complexity index is 468. The third-order valence-corrected chi connectivity index (χ3v) is 3.68. The quantitative estimate of drug-likeness (QED) is 0.762. The number of rotatable bonds is 5. The van der Waals surface area contributed by atoms with Crippen LogP contribution >= 0.6 is 0 Å². The lowest BCUT2D eigenvalue weighted by Gasteiger charge is -2.23. The van der Waals surface area contributed by atoms with Crippen molar-refractivity contribution in [3.05, 3.63) is 23.8 Å². The summed E-state index contributed by atoms with van der Waals surface area (Å²) in [5.74, 6) is 0.109. The Labute approximate surface area is 114 Å². The summed E-state index contributed by atoms with van der Waals surface area (Å²) in [7, 11) is 0. The molecule has 4 heteroatoms. The van der Waals surface area contributed by atoms with Crippen molar-refractivity contribution in [2.45, 2.75) is 33.1 Å². The fourth-order valence-electron chi connectivity index (χ4n) is 2.14. The molecule has 1 amide bonds. The maximum atomic E-state index is 11.3. The molecule has 104 valence electrons. The molecule has 0 fully saturated rings. The Hall–Kier alpha value is -1.55. The Morgan fingerprint density at radius 3 is 2.89 bits per heavy atom. The van der Waals surface area contributed by atoms with Crippen molar-refractivity contribution in [3.63, 3.8) is 0 Å². The molecule has 0 aromatic heterocycles. The first-order valence-corrected chi connectivity index (χ1v) is 6.87. The second-order valence-corrected chi connectivity index (χ2v) is 5.97. The van der Waals surface area contributed by atoms with E-state index in [-0.39, 0.29) is 11.3 Å². The summed E-state index contributed by atoms with van der Waals surface area (Å²) in [5.41, 5.74) is 9.17. The number of nitrogens with one attached hydrogen (secondary N) is 2.